The SMILES string of the molecule is O=C(OCc1ccccc1)N1CCCC1c1ncccn1. The van der Waals surface area contributed by atoms with E-state index in [2.05, 4.69) is 9.97 Å². The maximum absolute atomic E-state index is 12.3. The third-order valence-corrected chi connectivity index (χ3v) is 3.58. The Morgan fingerprint density at radius 3 is 2.71 bits per heavy atom. The molecule has 1 amide bonds. The van der Waals surface area contributed by atoms with Crippen LogP contribution >= 0.6 is 0 Å². The molecule has 1 aliphatic heterocycles. The minimum Gasteiger partial charge on any atom is -0.445 e. The number of carbonyl (C=O) groups is 1. The zero-order chi connectivity index (χ0) is 14.5. The van der Waals surface area contributed by atoms with E-state index in [1.54, 1.807) is 23.4 Å². The van der Waals surface area contributed by atoms with Crippen molar-refractivity contribution in [1.29, 1.82) is 0 Å². The molecule has 3 rings (SSSR count). The van der Waals surface area contributed by atoms with Crippen LogP contribution in [0.5, 0.6) is 0 Å². The molecule has 2 heterocycles. The number of hydrogen-bond donors (Lipinski definition) is 0. The molecule has 1 aromatic carbocycles. The van der Waals surface area contributed by atoms with Gasteiger partial charge in [0.1, 0.15) is 6.61 Å². The Morgan fingerprint density at radius 2 is 1.95 bits per heavy atom. The molecule has 0 spiro atoms. The van der Waals surface area contributed by atoms with Crippen molar-refractivity contribution in [3.63, 3.8) is 0 Å². The van der Waals surface area contributed by atoms with Crippen LogP contribution in [-0.2, 0) is 11.3 Å². The summed E-state index contributed by atoms with van der Waals surface area (Å²) in [6, 6.07) is 11.4. The van der Waals surface area contributed by atoms with Gasteiger partial charge in [-0.15, -0.1) is 0 Å². The van der Waals surface area contributed by atoms with Crippen LogP contribution in [0.25, 0.3) is 0 Å². The summed E-state index contributed by atoms with van der Waals surface area (Å²) in [4.78, 5) is 22.5. The zero-order valence-corrected chi connectivity index (χ0v) is 11.7. The summed E-state index contributed by atoms with van der Waals surface area (Å²) >= 11 is 0. The number of ether oxygens (including phenoxy) is 1. The zero-order valence-electron chi connectivity index (χ0n) is 11.7. The van der Waals surface area contributed by atoms with Gasteiger partial charge >= 0.3 is 6.09 Å². The van der Waals surface area contributed by atoms with E-state index in [1.807, 2.05) is 30.3 Å². The van der Waals surface area contributed by atoms with E-state index in [0.717, 1.165) is 18.4 Å². The Morgan fingerprint density at radius 1 is 1.19 bits per heavy atom. The second kappa shape index (κ2) is 6.35. The lowest BCUT2D eigenvalue weighted by atomic mass is 10.2. The van der Waals surface area contributed by atoms with E-state index < -0.39 is 0 Å². The Bertz CT molecular complexity index is 589. The van der Waals surface area contributed by atoms with Crippen molar-refractivity contribution in [1.82, 2.24) is 14.9 Å². The Balaban J connectivity index is 1.64. The average molecular weight is 283 g/mol. The fourth-order valence-electron chi connectivity index (χ4n) is 2.54. The van der Waals surface area contributed by atoms with Gasteiger partial charge in [-0.2, -0.15) is 0 Å². The van der Waals surface area contributed by atoms with Crippen molar-refractivity contribution in [2.24, 2.45) is 0 Å². The van der Waals surface area contributed by atoms with E-state index in [9.17, 15) is 4.79 Å². The predicted molar refractivity (Wildman–Crippen MR) is 77.3 cm³/mol. The van der Waals surface area contributed by atoms with Gasteiger partial charge in [0.25, 0.3) is 0 Å². The van der Waals surface area contributed by atoms with Crippen molar-refractivity contribution in [2.45, 2.75) is 25.5 Å². The first-order valence-electron chi connectivity index (χ1n) is 7.09. The van der Waals surface area contributed by atoms with Crippen LogP contribution in [0.3, 0.4) is 0 Å². The Kier molecular flexibility index (Phi) is 4.09. The Hall–Kier alpha value is -2.43. The van der Waals surface area contributed by atoms with Gasteiger partial charge in [0.2, 0.25) is 0 Å². The molecule has 1 unspecified atom stereocenters. The summed E-state index contributed by atoms with van der Waals surface area (Å²) in [5.74, 6) is 0.687. The minimum absolute atomic E-state index is 0.0746. The monoisotopic (exact) mass is 283 g/mol. The largest absolute Gasteiger partial charge is 0.445 e. The summed E-state index contributed by atoms with van der Waals surface area (Å²) in [6.07, 6.45) is 4.93. The van der Waals surface area contributed by atoms with E-state index in [0.29, 0.717) is 19.0 Å². The molecule has 0 aliphatic carbocycles. The molecule has 0 radical (unpaired) electrons. The Labute approximate surface area is 123 Å². The summed E-state index contributed by atoms with van der Waals surface area (Å²) in [5, 5.41) is 0. The number of benzene rings is 1. The van der Waals surface area contributed by atoms with Gasteiger partial charge in [0.05, 0.1) is 6.04 Å². The van der Waals surface area contributed by atoms with E-state index >= 15 is 0 Å². The molecule has 0 bridgehead atoms. The highest BCUT2D eigenvalue weighted by Gasteiger charge is 2.32. The van der Waals surface area contributed by atoms with Gasteiger partial charge in [-0.3, -0.25) is 4.90 Å². The third kappa shape index (κ3) is 3.18. The lowest BCUT2D eigenvalue weighted by molar-refractivity contribution is 0.0908. The smallest absolute Gasteiger partial charge is 0.410 e. The van der Waals surface area contributed by atoms with E-state index in [-0.39, 0.29) is 12.1 Å². The van der Waals surface area contributed by atoms with Crippen LogP contribution in [0.2, 0.25) is 0 Å². The fourth-order valence-corrected chi connectivity index (χ4v) is 2.54. The fraction of sp³-hybridized carbons (Fsp3) is 0.312. The molecule has 0 saturated carbocycles. The van der Waals surface area contributed by atoms with Crippen LogP contribution in [0.1, 0.15) is 30.3 Å². The van der Waals surface area contributed by atoms with Gasteiger partial charge in [-0.25, -0.2) is 14.8 Å². The summed E-state index contributed by atoms with van der Waals surface area (Å²) in [5.41, 5.74) is 0.984. The molecule has 2 aromatic rings. The number of aromatic nitrogens is 2. The van der Waals surface area contributed by atoms with Gasteiger partial charge < -0.3 is 4.74 Å². The lowest BCUT2D eigenvalue weighted by Gasteiger charge is -2.22. The summed E-state index contributed by atoms with van der Waals surface area (Å²) in [6.45, 7) is 0.981. The molecule has 1 aliphatic rings. The number of hydrogen-bond acceptors (Lipinski definition) is 4. The second-order valence-electron chi connectivity index (χ2n) is 5.00. The minimum atomic E-state index is -0.297. The maximum Gasteiger partial charge on any atom is 0.410 e. The molecule has 5 heteroatoms. The molecule has 1 saturated heterocycles. The van der Waals surface area contributed by atoms with Gasteiger partial charge in [-0.05, 0) is 24.5 Å². The van der Waals surface area contributed by atoms with Crippen LogP contribution in [0.15, 0.2) is 48.8 Å². The highest BCUT2D eigenvalue weighted by Crippen LogP contribution is 2.30. The maximum atomic E-state index is 12.3. The van der Waals surface area contributed by atoms with Gasteiger partial charge in [-0.1, -0.05) is 30.3 Å². The molecule has 21 heavy (non-hydrogen) atoms. The molecular formula is C16H17N3O2. The topological polar surface area (TPSA) is 55.3 Å². The first kappa shape index (κ1) is 13.5. The van der Waals surface area contributed by atoms with E-state index in [4.69, 9.17) is 4.74 Å². The number of carbonyl (C=O) groups excluding carboxylic acids is 1. The molecule has 1 fully saturated rings. The standard InChI is InChI=1S/C16H17N3O2/c20-16(21-12-13-6-2-1-3-7-13)19-11-4-8-14(19)15-17-9-5-10-18-15/h1-3,5-7,9-10,14H,4,8,11-12H2. The van der Waals surface area contributed by atoms with Crippen molar-refractivity contribution in [2.75, 3.05) is 6.54 Å². The van der Waals surface area contributed by atoms with Crippen molar-refractivity contribution in [3.8, 4) is 0 Å². The highest BCUT2D eigenvalue weighted by molar-refractivity contribution is 5.68. The highest BCUT2D eigenvalue weighted by atomic mass is 16.6. The number of rotatable bonds is 3. The third-order valence-electron chi connectivity index (χ3n) is 3.58. The summed E-state index contributed by atoms with van der Waals surface area (Å²) in [7, 11) is 0. The number of nitrogens with zero attached hydrogens (tertiary/aromatic N) is 3. The van der Waals surface area contributed by atoms with Crippen LogP contribution in [0.4, 0.5) is 4.79 Å². The quantitative estimate of drug-likeness (QED) is 0.869. The first-order chi connectivity index (χ1) is 10.3. The van der Waals surface area contributed by atoms with Crippen molar-refractivity contribution < 1.29 is 9.53 Å². The summed E-state index contributed by atoms with van der Waals surface area (Å²) < 4.78 is 5.40. The van der Waals surface area contributed by atoms with E-state index in [1.165, 1.54) is 0 Å². The second-order valence-corrected chi connectivity index (χ2v) is 5.00. The lowest BCUT2D eigenvalue weighted by Crippen LogP contribution is -2.31. The number of likely N-dealkylation sites (tertiary alicyclic amines) is 1. The molecule has 108 valence electrons. The van der Waals surface area contributed by atoms with Crippen LogP contribution < -0.4 is 0 Å². The van der Waals surface area contributed by atoms with Gasteiger partial charge in [0.15, 0.2) is 5.82 Å². The predicted octanol–water partition coefficient (Wildman–Crippen LogP) is 2.95. The molecule has 0 N–H and O–H groups in total. The first-order valence-corrected chi connectivity index (χ1v) is 7.09. The molecule has 1 aromatic heterocycles. The van der Waals surface area contributed by atoms with Crippen molar-refractivity contribution >= 4 is 6.09 Å². The molecule has 5 nitrogen and oxygen atoms in total. The van der Waals surface area contributed by atoms with Crippen molar-refractivity contribution in [3.05, 3.63) is 60.2 Å². The number of amides is 1. The average Bonchev–Trinajstić information content (AvgIpc) is 3.04. The van der Waals surface area contributed by atoms with Gasteiger partial charge in [0, 0.05) is 18.9 Å². The molecule has 1 atom stereocenters. The normalized spacial score (nSPS) is 17.7. The van der Waals surface area contributed by atoms with Crippen LogP contribution in [0, 0.1) is 0 Å². The molecular weight excluding hydrogens is 266 g/mol. The van der Waals surface area contributed by atoms with Crippen LogP contribution in [-0.4, -0.2) is 27.5 Å².